The minimum Gasteiger partial charge on any atom is -0.370 e. The van der Waals surface area contributed by atoms with Crippen LogP contribution in [0.25, 0.3) is 0 Å². The fourth-order valence-electron chi connectivity index (χ4n) is 1.74. The molecular weight excluding hydrogens is 294 g/mol. The van der Waals surface area contributed by atoms with Gasteiger partial charge in [0.2, 0.25) is 5.95 Å². The van der Waals surface area contributed by atoms with Gasteiger partial charge in [0.25, 0.3) is 0 Å². The smallest absolute Gasteiger partial charge is 0.223 e. The van der Waals surface area contributed by atoms with E-state index in [0.29, 0.717) is 0 Å². The summed E-state index contributed by atoms with van der Waals surface area (Å²) in [5, 5.41) is 3.22. The highest BCUT2D eigenvalue weighted by atomic mass is 35.5. The normalized spacial score (nSPS) is 10.6. The molecule has 0 radical (unpaired) electrons. The third-order valence-corrected chi connectivity index (χ3v) is 3.91. The molecule has 0 unspecified atom stereocenters. The lowest BCUT2D eigenvalue weighted by Gasteiger charge is -2.18. The number of hydrogen-bond acceptors (Lipinski definition) is 6. The number of rotatable bonds is 6. The van der Waals surface area contributed by atoms with Crippen molar-refractivity contribution in [2.24, 2.45) is 0 Å². The summed E-state index contributed by atoms with van der Waals surface area (Å²) in [4.78, 5) is 11.6. The Balaban J connectivity index is 2.12. The van der Waals surface area contributed by atoms with E-state index in [1.54, 1.807) is 11.3 Å². The number of nitrogens with zero attached hydrogens (tertiary/aromatic N) is 3. The molecule has 5 nitrogen and oxygen atoms in total. The standard InChI is InChI=1S/C13H18ClN5S/c1-3-6-16-11-7-12(18-13(15)17-11)19(2)8-9-4-5-10(14)20-9/h4-5,7H,3,6,8H2,1-2H3,(H3,15,16,17,18). The number of thiophene rings is 1. The quantitative estimate of drug-likeness (QED) is 0.857. The molecule has 2 aromatic heterocycles. The summed E-state index contributed by atoms with van der Waals surface area (Å²) >= 11 is 7.51. The van der Waals surface area contributed by atoms with Gasteiger partial charge in [0.05, 0.1) is 10.9 Å². The van der Waals surface area contributed by atoms with Gasteiger partial charge in [-0.15, -0.1) is 11.3 Å². The average Bonchev–Trinajstić information content (AvgIpc) is 2.81. The average molecular weight is 312 g/mol. The number of halogens is 1. The lowest BCUT2D eigenvalue weighted by atomic mass is 10.4. The van der Waals surface area contributed by atoms with Gasteiger partial charge in [0.15, 0.2) is 0 Å². The van der Waals surface area contributed by atoms with Crippen LogP contribution in [-0.4, -0.2) is 23.6 Å². The molecule has 0 saturated carbocycles. The fraction of sp³-hybridized carbons (Fsp3) is 0.385. The van der Waals surface area contributed by atoms with Crippen LogP contribution in [0.2, 0.25) is 4.34 Å². The number of aromatic nitrogens is 2. The molecule has 0 aliphatic carbocycles. The van der Waals surface area contributed by atoms with Gasteiger partial charge in [0, 0.05) is 24.5 Å². The van der Waals surface area contributed by atoms with Gasteiger partial charge in [0.1, 0.15) is 11.6 Å². The third kappa shape index (κ3) is 3.98. The Labute approximate surface area is 127 Å². The molecule has 0 aliphatic heterocycles. The van der Waals surface area contributed by atoms with Crippen LogP contribution >= 0.6 is 22.9 Å². The Morgan fingerprint density at radius 2 is 2.20 bits per heavy atom. The Hall–Kier alpha value is -1.53. The van der Waals surface area contributed by atoms with Crippen molar-refractivity contribution >= 4 is 40.5 Å². The van der Waals surface area contributed by atoms with Crippen LogP contribution in [0.5, 0.6) is 0 Å². The SMILES string of the molecule is CCCNc1cc(N(C)Cc2ccc(Cl)s2)nc(N)n1. The molecule has 20 heavy (non-hydrogen) atoms. The van der Waals surface area contributed by atoms with Crippen molar-refractivity contribution in [1.82, 2.24) is 9.97 Å². The second-order valence-electron chi connectivity index (χ2n) is 4.46. The van der Waals surface area contributed by atoms with E-state index < -0.39 is 0 Å². The minimum atomic E-state index is 0.275. The fourth-order valence-corrected chi connectivity index (χ4v) is 2.88. The van der Waals surface area contributed by atoms with Crippen LogP contribution in [0.3, 0.4) is 0 Å². The summed E-state index contributed by atoms with van der Waals surface area (Å²) in [5.41, 5.74) is 5.76. The molecule has 0 fully saturated rings. The number of nitrogen functional groups attached to an aromatic ring is 1. The number of hydrogen-bond donors (Lipinski definition) is 2. The van der Waals surface area contributed by atoms with Gasteiger partial charge in [-0.1, -0.05) is 18.5 Å². The summed E-state index contributed by atoms with van der Waals surface area (Å²) in [7, 11) is 1.97. The van der Waals surface area contributed by atoms with E-state index in [4.69, 9.17) is 17.3 Å². The van der Waals surface area contributed by atoms with Gasteiger partial charge in [-0.05, 0) is 18.6 Å². The summed E-state index contributed by atoms with van der Waals surface area (Å²) in [6, 6.07) is 5.82. The molecule has 7 heteroatoms. The molecule has 0 atom stereocenters. The highest BCUT2D eigenvalue weighted by Crippen LogP contribution is 2.24. The van der Waals surface area contributed by atoms with Crippen molar-refractivity contribution in [2.45, 2.75) is 19.9 Å². The molecule has 0 saturated heterocycles. The van der Waals surface area contributed by atoms with Crippen LogP contribution in [0.1, 0.15) is 18.2 Å². The molecule has 0 amide bonds. The second-order valence-corrected chi connectivity index (χ2v) is 6.26. The zero-order valence-corrected chi connectivity index (χ0v) is 13.1. The first kappa shape index (κ1) is 14.9. The van der Waals surface area contributed by atoms with Gasteiger partial charge in [-0.25, -0.2) is 0 Å². The van der Waals surface area contributed by atoms with Crippen LogP contribution < -0.4 is 16.0 Å². The number of anilines is 3. The van der Waals surface area contributed by atoms with Gasteiger partial charge >= 0.3 is 0 Å². The zero-order valence-electron chi connectivity index (χ0n) is 11.6. The Kier molecular flexibility index (Phi) is 5.03. The van der Waals surface area contributed by atoms with E-state index in [-0.39, 0.29) is 5.95 Å². The second kappa shape index (κ2) is 6.76. The summed E-state index contributed by atoms with van der Waals surface area (Å²) in [5.74, 6) is 1.82. The van der Waals surface area contributed by atoms with E-state index >= 15 is 0 Å². The van der Waals surface area contributed by atoms with Gasteiger partial charge < -0.3 is 16.0 Å². The van der Waals surface area contributed by atoms with E-state index in [0.717, 1.165) is 35.5 Å². The summed E-state index contributed by atoms with van der Waals surface area (Å²) in [6.45, 7) is 3.70. The Morgan fingerprint density at radius 1 is 1.40 bits per heavy atom. The monoisotopic (exact) mass is 311 g/mol. The van der Waals surface area contributed by atoms with E-state index in [2.05, 4.69) is 22.2 Å². The Morgan fingerprint density at radius 3 is 2.85 bits per heavy atom. The van der Waals surface area contributed by atoms with Crippen molar-refractivity contribution in [2.75, 3.05) is 29.5 Å². The lowest BCUT2D eigenvalue weighted by Crippen LogP contribution is -2.18. The Bertz CT molecular complexity index is 572. The zero-order chi connectivity index (χ0) is 14.5. The van der Waals surface area contributed by atoms with Crippen molar-refractivity contribution < 1.29 is 0 Å². The molecule has 108 valence electrons. The predicted octanol–water partition coefficient (Wildman–Crippen LogP) is 3.23. The number of nitrogens with two attached hydrogens (primary N) is 1. The lowest BCUT2D eigenvalue weighted by molar-refractivity contribution is 0.903. The molecule has 2 aromatic rings. The van der Waals surface area contributed by atoms with Gasteiger partial charge in [-0.2, -0.15) is 9.97 Å². The first-order chi connectivity index (χ1) is 9.58. The van der Waals surface area contributed by atoms with Crippen LogP contribution in [0.15, 0.2) is 18.2 Å². The third-order valence-electron chi connectivity index (χ3n) is 2.70. The molecular formula is C13H18ClN5S. The molecule has 3 N–H and O–H groups in total. The molecule has 2 rings (SSSR count). The van der Waals surface area contributed by atoms with Gasteiger partial charge in [-0.3, -0.25) is 0 Å². The number of nitrogens with one attached hydrogen (secondary N) is 1. The topological polar surface area (TPSA) is 67.1 Å². The van der Waals surface area contributed by atoms with Crippen molar-refractivity contribution in [1.29, 1.82) is 0 Å². The summed E-state index contributed by atoms with van der Waals surface area (Å²) in [6.07, 6.45) is 1.03. The van der Waals surface area contributed by atoms with E-state index in [1.165, 1.54) is 4.88 Å². The van der Waals surface area contributed by atoms with E-state index in [9.17, 15) is 0 Å². The van der Waals surface area contributed by atoms with Crippen molar-refractivity contribution in [3.63, 3.8) is 0 Å². The predicted molar refractivity (Wildman–Crippen MR) is 86.7 cm³/mol. The molecule has 2 heterocycles. The van der Waals surface area contributed by atoms with Crippen molar-refractivity contribution in [3.05, 3.63) is 27.4 Å². The maximum atomic E-state index is 5.94. The maximum absolute atomic E-state index is 5.94. The molecule has 0 bridgehead atoms. The maximum Gasteiger partial charge on any atom is 0.223 e. The molecule has 0 aromatic carbocycles. The highest BCUT2D eigenvalue weighted by molar-refractivity contribution is 7.16. The largest absolute Gasteiger partial charge is 0.370 e. The first-order valence-corrected chi connectivity index (χ1v) is 7.61. The molecule has 0 spiro atoms. The van der Waals surface area contributed by atoms with Crippen LogP contribution in [0, 0.1) is 0 Å². The van der Waals surface area contributed by atoms with Crippen molar-refractivity contribution in [3.8, 4) is 0 Å². The first-order valence-electron chi connectivity index (χ1n) is 6.42. The van der Waals surface area contributed by atoms with Crippen LogP contribution in [0.4, 0.5) is 17.6 Å². The summed E-state index contributed by atoms with van der Waals surface area (Å²) < 4.78 is 0.793. The molecule has 0 aliphatic rings. The highest BCUT2D eigenvalue weighted by Gasteiger charge is 2.09. The van der Waals surface area contributed by atoms with E-state index in [1.807, 2.05) is 30.1 Å². The minimum absolute atomic E-state index is 0.275. The van der Waals surface area contributed by atoms with Crippen LogP contribution in [-0.2, 0) is 6.54 Å².